The Balaban J connectivity index is 2.47. The molecule has 0 saturated heterocycles. The molecule has 0 aromatic heterocycles. The molecule has 0 aliphatic heterocycles. The van der Waals surface area contributed by atoms with Crippen molar-refractivity contribution in [2.75, 3.05) is 47.9 Å². The SMILES string of the molecule is COc1ccc(C(=O)CNCCCN(C)C)cc1OC. The van der Waals surface area contributed by atoms with E-state index in [0.29, 0.717) is 23.6 Å². The number of hydrogen-bond donors (Lipinski definition) is 1. The summed E-state index contributed by atoms with van der Waals surface area (Å²) in [5, 5.41) is 3.16. The molecular weight excluding hydrogens is 256 g/mol. The van der Waals surface area contributed by atoms with Gasteiger partial charge in [0, 0.05) is 5.56 Å². The number of carbonyl (C=O) groups excluding carboxylic acids is 1. The van der Waals surface area contributed by atoms with Crippen molar-refractivity contribution in [3.8, 4) is 11.5 Å². The van der Waals surface area contributed by atoms with Crippen LogP contribution in [0.4, 0.5) is 0 Å². The smallest absolute Gasteiger partial charge is 0.176 e. The summed E-state index contributed by atoms with van der Waals surface area (Å²) < 4.78 is 10.3. The van der Waals surface area contributed by atoms with Crippen LogP contribution in [0.15, 0.2) is 18.2 Å². The average Bonchev–Trinajstić information content (AvgIpc) is 2.45. The fraction of sp³-hybridized carbons (Fsp3) is 0.533. The van der Waals surface area contributed by atoms with Gasteiger partial charge in [-0.15, -0.1) is 0 Å². The Morgan fingerprint density at radius 1 is 1.20 bits per heavy atom. The van der Waals surface area contributed by atoms with Crippen molar-refractivity contribution in [2.24, 2.45) is 0 Å². The first-order chi connectivity index (χ1) is 9.58. The lowest BCUT2D eigenvalue weighted by Gasteiger charge is -2.11. The quantitative estimate of drug-likeness (QED) is 0.548. The van der Waals surface area contributed by atoms with Gasteiger partial charge in [-0.3, -0.25) is 4.79 Å². The van der Waals surface area contributed by atoms with Crippen molar-refractivity contribution in [1.82, 2.24) is 10.2 Å². The van der Waals surface area contributed by atoms with E-state index >= 15 is 0 Å². The maximum atomic E-state index is 12.0. The van der Waals surface area contributed by atoms with Gasteiger partial charge in [0.2, 0.25) is 0 Å². The molecule has 0 amide bonds. The lowest BCUT2D eigenvalue weighted by molar-refractivity contribution is 0.0990. The first kappa shape index (κ1) is 16.5. The second-order valence-electron chi connectivity index (χ2n) is 4.83. The summed E-state index contributed by atoms with van der Waals surface area (Å²) in [5.74, 6) is 1.25. The van der Waals surface area contributed by atoms with Crippen LogP contribution in [0.1, 0.15) is 16.8 Å². The second-order valence-corrected chi connectivity index (χ2v) is 4.83. The van der Waals surface area contributed by atoms with Crippen molar-refractivity contribution in [3.63, 3.8) is 0 Å². The standard InChI is InChI=1S/C15H24N2O3/c1-17(2)9-5-8-16-11-13(18)12-6-7-14(19-3)15(10-12)20-4/h6-7,10,16H,5,8-9,11H2,1-4H3. The number of rotatable bonds is 9. The van der Waals surface area contributed by atoms with Gasteiger partial charge in [0.1, 0.15) is 0 Å². The van der Waals surface area contributed by atoms with E-state index in [1.54, 1.807) is 32.4 Å². The summed E-state index contributed by atoms with van der Waals surface area (Å²) in [6, 6.07) is 5.21. The Labute approximate surface area is 120 Å². The molecule has 20 heavy (non-hydrogen) atoms. The molecule has 0 spiro atoms. The Morgan fingerprint density at radius 3 is 2.50 bits per heavy atom. The van der Waals surface area contributed by atoms with Gasteiger partial charge in [0.05, 0.1) is 20.8 Å². The molecule has 0 bridgehead atoms. The number of carbonyl (C=O) groups is 1. The summed E-state index contributed by atoms with van der Waals surface area (Å²) in [6.45, 7) is 2.18. The maximum absolute atomic E-state index is 12.0. The minimum absolute atomic E-state index is 0.0517. The molecule has 0 radical (unpaired) electrons. The number of methoxy groups -OCH3 is 2. The predicted molar refractivity (Wildman–Crippen MR) is 79.9 cm³/mol. The van der Waals surface area contributed by atoms with Gasteiger partial charge in [-0.2, -0.15) is 0 Å². The van der Waals surface area contributed by atoms with Gasteiger partial charge < -0.3 is 19.7 Å². The van der Waals surface area contributed by atoms with Crippen LogP contribution in [0.5, 0.6) is 11.5 Å². The van der Waals surface area contributed by atoms with Crippen LogP contribution in [0.2, 0.25) is 0 Å². The molecule has 0 atom stereocenters. The van der Waals surface area contributed by atoms with Crippen LogP contribution in [-0.4, -0.2) is 58.6 Å². The molecule has 1 aromatic carbocycles. The lowest BCUT2D eigenvalue weighted by Crippen LogP contribution is -2.26. The van der Waals surface area contributed by atoms with Crippen molar-refractivity contribution in [3.05, 3.63) is 23.8 Å². The first-order valence-corrected chi connectivity index (χ1v) is 6.69. The van der Waals surface area contributed by atoms with Gasteiger partial charge in [-0.25, -0.2) is 0 Å². The fourth-order valence-corrected chi connectivity index (χ4v) is 1.83. The highest BCUT2D eigenvalue weighted by Crippen LogP contribution is 2.27. The molecule has 1 aromatic rings. The monoisotopic (exact) mass is 280 g/mol. The lowest BCUT2D eigenvalue weighted by atomic mass is 10.1. The van der Waals surface area contributed by atoms with E-state index in [-0.39, 0.29) is 5.78 Å². The first-order valence-electron chi connectivity index (χ1n) is 6.69. The number of hydrogen-bond acceptors (Lipinski definition) is 5. The Hall–Kier alpha value is -1.59. The zero-order valence-electron chi connectivity index (χ0n) is 12.7. The van der Waals surface area contributed by atoms with Crippen LogP contribution < -0.4 is 14.8 Å². The number of ketones is 1. The van der Waals surface area contributed by atoms with E-state index in [4.69, 9.17) is 9.47 Å². The summed E-state index contributed by atoms with van der Waals surface area (Å²) in [6.07, 6.45) is 1.02. The number of benzene rings is 1. The number of Topliss-reactive ketones (excluding diaryl/α,β-unsaturated/α-hetero) is 1. The average molecular weight is 280 g/mol. The maximum Gasteiger partial charge on any atom is 0.176 e. The number of nitrogens with zero attached hydrogens (tertiary/aromatic N) is 1. The van der Waals surface area contributed by atoms with Crippen LogP contribution in [0.25, 0.3) is 0 Å². The van der Waals surface area contributed by atoms with Crippen LogP contribution >= 0.6 is 0 Å². The summed E-state index contributed by atoms with van der Waals surface area (Å²) >= 11 is 0. The largest absolute Gasteiger partial charge is 0.493 e. The molecule has 0 fully saturated rings. The molecule has 0 aliphatic carbocycles. The predicted octanol–water partition coefficient (Wildman–Crippen LogP) is 1.43. The van der Waals surface area contributed by atoms with Crippen LogP contribution in [-0.2, 0) is 0 Å². The zero-order valence-corrected chi connectivity index (χ0v) is 12.7. The molecule has 1 N–H and O–H groups in total. The Morgan fingerprint density at radius 2 is 1.90 bits per heavy atom. The zero-order chi connectivity index (χ0) is 15.0. The Bertz CT molecular complexity index is 433. The molecule has 5 heteroatoms. The van der Waals surface area contributed by atoms with Gasteiger partial charge in [-0.05, 0) is 51.8 Å². The number of ether oxygens (including phenoxy) is 2. The number of nitrogens with one attached hydrogen (secondary N) is 1. The molecule has 0 aliphatic rings. The normalized spacial score (nSPS) is 10.7. The van der Waals surface area contributed by atoms with E-state index in [1.165, 1.54) is 0 Å². The van der Waals surface area contributed by atoms with Crippen molar-refractivity contribution < 1.29 is 14.3 Å². The molecule has 0 unspecified atom stereocenters. The summed E-state index contributed by atoms with van der Waals surface area (Å²) in [5.41, 5.74) is 0.628. The molecule has 0 saturated carbocycles. The van der Waals surface area contributed by atoms with Crippen molar-refractivity contribution >= 4 is 5.78 Å². The van der Waals surface area contributed by atoms with E-state index in [2.05, 4.69) is 10.2 Å². The van der Waals surface area contributed by atoms with Crippen molar-refractivity contribution in [1.29, 1.82) is 0 Å². The Kier molecular flexibility index (Phi) is 7.04. The highest BCUT2D eigenvalue weighted by molar-refractivity contribution is 5.98. The van der Waals surface area contributed by atoms with Crippen LogP contribution in [0, 0.1) is 0 Å². The molecule has 1 rings (SSSR count). The highest BCUT2D eigenvalue weighted by Gasteiger charge is 2.10. The van der Waals surface area contributed by atoms with E-state index in [0.717, 1.165) is 19.5 Å². The minimum Gasteiger partial charge on any atom is -0.493 e. The van der Waals surface area contributed by atoms with Gasteiger partial charge in [0.25, 0.3) is 0 Å². The van der Waals surface area contributed by atoms with Gasteiger partial charge in [-0.1, -0.05) is 0 Å². The second kappa shape index (κ2) is 8.55. The van der Waals surface area contributed by atoms with E-state index in [1.807, 2.05) is 14.1 Å². The molecular formula is C15H24N2O3. The third-order valence-corrected chi connectivity index (χ3v) is 2.95. The minimum atomic E-state index is 0.0517. The summed E-state index contributed by atoms with van der Waals surface area (Å²) in [4.78, 5) is 14.2. The summed E-state index contributed by atoms with van der Waals surface area (Å²) in [7, 11) is 7.21. The fourth-order valence-electron chi connectivity index (χ4n) is 1.83. The third-order valence-electron chi connectivity index (χ3n) is 2.95. The molecule has 0 heterocycles. The molecule has 112 valence electrons. The third kappa shape index (κ3) is 5.19. The highest BCUT2D eigenvalue weighted by atomic mass is 16.5. The van der Waals surface area contributed by atoms with E-state index < -0.39 is 0 Å². The van der Waals surface area contributed by atoms with Gasteiger partial charge >= 0.3 is 0 Å². The van der Waals surface area contributed by atoms with E-state index in [9.17, 15) is 4.79 Å². The van der Waals surface area contributed by atoms with Crippen LogP contribution in [0.3, 0.4) is 0 Å². The topological polar surface area (TPSA) is 50.8 Å². The van der Waals surface area contributed by atoms with Crippen molar-refractivity contribution in [2.45, 2.75) is 6.42 Å². The molecule has 5 nitrogen and oxygen atoms in total. The van der Waals surface area contributed by atoms with Gasteiger partial charge in [0.15, 0.2) is 17.3 Å².